The SMILES string of the molecule is c1ccc2c(c1)Cc1ccc3c(nc4c5ncccc5c5ncccc5n34)c1-2. The molecule has 0 aliphatic heterocycles. The Bertz CT molecular complexity index is 1590. The van der Waals surface area contributed by atoms with Crippen molar-refractivity contribution in [2.24, 2.45) is 0 Å². The van der Waals surface area contributed by atoms with Crippen LogP contribution in [0, 0.1) is 0 Å². The molecule has 2 aromatic carbocycles. The maximum absolute atomic E-state index is 5.14. The topological polar surface area (TPSA) is 43.1 Å². The van der Waals surface area contributed by atoms with Crippen molar-refractivity contribution >= 4 is 38.6 Å². The maximum Gasteiger partial charge on any atom is 0.165 e. The second kappa shape index (κ2) is 4.93. The average molecular weight is 358 g/mol. The number of hydrogen-bond acceptors (Lipinski definition) is 3. The Hall–Kier alpha value is -3.79. The van der Waals surface area contributed by atoms with Crippen LogP contribution in [-0.2, 0) is 6.42 Å². The minimum atomic E-state index is 0.892. The lowest BCUT2D eigenvalue weighted by Gasteiger charge is -2.07. The minimum Gasteiger partial charge on any atom is -0.289 e. The Morgan fingerprint density at radius 1 is 0.679 bits per heavy atom. The van der Waals surface area contributed by atoms with Crippen LogP contribution in [-0.4, -0.2) is 19.4 Å². The van der Waals surface area contributed by atoms with Crippen molar-refractivity contribution < 1.29 is 0 Å². The molecule has 1 aliphatic rings. The van der Waals surface area contributed by atoms with Crippen molar-refractivity contribution in [3.05, 3.63) is 84.2 Å². The van der Waals surface area contributed by atoms with Crippen LogP contribution in [0.25, 0.3) is 49.7 Å². The second-order valence-corrected chi connectivity index (χ2v) is 7.34. The van der Waals surface area contributed by atoms with E-state index in [9.17, 15) is 0 Å². The molecule has 4 aromatic heterocycles. The van der Waals surface area contributed by atoms with Gasteiger partial charge in [-0.15, -0.1) is 0 Å². The Balaban J connectivity index is 1.77. The van der Waals surface area contributed by atoms with E-state index in [4.69, 9.17) is 4.98 Å². The molecule has 0 atom stereocenters. The zero-order valence-corrected chi connectivity index (χ0v) is 14.9. The van der Waals surface area contributed by atoms with Gasteiger partial charge >= 0.3 is 0 Å². The first-order chi connectivity index (χ1) is 13.9. The standard InChI is InChI=1S/C24H14N4/c1-2-6-16-14(5-1)13-15-9-10-19-23(20(15)16)27-24-22-17(7-3-11-26-22)21-18(28(19)24)8-4-12-25-21/h1-12H,13H2. The third kappa shape index (κ3) is 1.63. The quantitative estimate of drug-likeness (QED) is 0.352. The van der Waals surface area contributed by atoms with Crippen molar-refractivity contribution in [2.45, 2.75) is 6.42 Å². The van der Waals surface area contributed by atoms with Crippen molar-refractivity contribution in [3.63, 3.8) is 0 Å². The summed E-state index contributed by atoms with van der Waals surface area (Å²) < 4.78 is 2.22. The fourth-order valence-corrected chi connectivity index (χ4v) is 4.72. The third-order valence-electron chi connectivity index (χ3n) is 5.88. The van der Waals surface area contributed by atoms with E-state index < -0.39 is 0 Å². The predicted molar refractivity (Wildman–Crippen MR) is 112 cm³/mol. The lowest BCUT2D eigenvalue weighted by molar-refractivity contribution is 1.26. The molecule has 0 saturated carbocycles. The number of aromatic nitrogens is 4. The first kappa shape index (κ1) is 14.3. The van der Waals surface area contributed by atoms with E-state index in [2.05, 4.69) is 62.9 Å². The summed E-state index contributed by atoms with van der Waals surface area (Å²) in [6, 6.07) is 21.2. The van der Waals surface area contributed by atoms with Gasteiger partial charge in [-0.25, -0.2) is 4.98 Å². The number of rotatable bonds is 0. The smallest absolute Gasteiger partial charge is 0.165 e. The highest BCUT2D eigenvalue weighted by Gasteiger charge is 2.24. The molecule has 6 aromatic rings. The average Bonchev–Trinajstić information content (AvgIpc) is 3.32. The van der Waals surface area contributed by atoms with Gasteiger partial charge in [0.2, 0.25) is 0 Å². The highest BCUT2D eigenvalue weighted by molar-refractivity contribution is 6.12. The normalized spacial score (nSPS) is 12.9. The van der Waals surface area contributed by atoms with Crippen molar-refractivity contribution in [1.82, 2.24) is 19.4 Å². The van der Waals surface area contributed by atoms with E-state index in [1.165, 1.54) is 22.3 Å². The monoisotopic (exact) mass is 358 g/mol. The molecule has 0 bridgehead atoms. The zero-order valence-electron chi connectivity index (χ0n) is 14.9. The Morgan fingerprint density at radius 2 is 1.50 bits per heavy atom. The zero-order chi connectivity index (χ0) is 18.2. The molecular formula is C24H14N4. The summed E-state index contributed by atoms with van der Waals surface area (Å²) in [5.41, 5.74) is 11.2. The van der Waals surface area contributed by atoms with Crippen LogP contribution in [0.4, 0.5) is 0 Å². The van der Waals surface area contributed by atoms with Crippen molar-refractivity contribution in [1.29, 1.82) is 0 Å². The molecule has 7 rings (SSSR count). The molecule has 1 aliphatic carbocycles. The highest BCUT2D eigenvalue weighted by Crippen LogP contribution is 2.42. The second-order valence-electron chi connectivity index (χ2n) is 7.34. The summed E-state index contributed by atoms with van der Waals surface area (Å²) in [5, 5.41) is 1.04. The summed E-state index contributed by atoms with van der Waals surface area (Å²) in [5.74, 6) is 0. The van der Waals surface area contributed by atoms with Gasteiger partial charge in [0.15, 0.2) is 5.65 Å². The largest absolute Gasteiger partial charge is 0.289 e. The molecule has 4 heterocycles. The van der Waals surface area contributed by atoms with E-state index in [1.807, 2.05) is 24.5 Å². The number of imidazole rings is 1. The number of pyridine rings is 3. The van der Waals surface area contributed by atoms with Crippen molar-refractivity contribution in [3.8, 4) is 11.1 Å². The van der Waals surface area contributed by atoms with E-state index in [1.54, 1.807) is 0 Å². The molecule has 0 unspecified atom stereocenters. The first-order valence-electron chi connectivity index (χ1n) is 9.44. The van der Waals surface area contributed by atoms with Gasteiger partial charge in [-0.2, -0.15) is 0 Å². The lowest BCUT2D eigenvalue weighted by Crippen LogP contribution is -1.94. The van der Waals surface area contributed by atoms with Crippen LogP contribution < -0.4 is 0 Å². The highest BCUT2D eigenvalue weighted by atomic mass is 15.0. The summed E-state index contributed by atoms with van der Waals surface area (Å²) >= 11 is 0. The van der Waals surface area contributed by atoms with E-state index in [-0.39, 0.29) is 0 Å². The van der Waals surface area contributed by atoms with Gasteiger partial charge in [0, 0.05) is 23.3 Å². The van der Waals surface area contributed by atoms with Crippen LogP contribution >= 0.6 is 0 Å². The van der Waals surface area contributed by atoms with E-state index in [0.717, 1.165) is 45.0 Å². The Kier molecular flexibility index (Phi) is 2.51. The Morgan fingerprint density at radius 3 is 2.46 bits per heavy atom. The molecule has 0 N–H and O–H groups in total. The molecule has 0 spiro atoms. The van der Waals surface area contributed by atoms with E-state index >= 15 is 0 Å². The molecule has 4 heteroatoms. The molecule has 0 fully saturated rings. The first-order valence-corrected chi connectivity index (χ1v) is 9.44. The summed E-state index contributed by atoms with van der Waals surface area (Å²) in [7, 11) is 0. The minimum absolute atomic E-state index is 0.892. The molecule has 4 nitrogen and oxygen atoms in total. The Labute approximate surface area is 160 Å². The third-order valence-corrected chi connectivity index (χ3v) is 5.88. The van der Waals surface area contributed by atoms with Gasteiger partial charge in [0.05, 0.1) is 22.1 Å². The van der Waals surface area contributed by atoms with Gasteiger partial charge < -0.3 is 0 Å². The van der Waals surface area contributed by atoms with Crippen LogP contribution in [0.5, 0.6) is 0 Å². The maximum atomic E-state index is 5.14. The molecule has 28 heavy (non-hydrogen) atoms. The fraction of sp³-hybridized carbons (Fsp3) is 0.0417. The summed E-state index contributed by atoms with van der Waals surface area (Å²) in [6.45, 7) is 0. The van der Waals surface area contributed by atoms with Gasteiger partial charge in [0.25, 0.3) is 0 Å². The van der Waals surface area contributed by atoms with Gasteiger partial charge in [-0.1, -0.05) is 30.3 Å². The molecule has 130 valence electrons. The number of hydrogen-bond donors (Lipinski definition) is 0. The molecular weight excluding hydrogens is 344 g/mol. The summed E-state index contributed by atoms with van der Waals surface area (Å²) in [4.78, 5) is 14.5. The van der Waals surface area contributed by atoms with E-state index in [0.29, 0.717) is 0 Å². The van der Waals surface area contributed by atoms with Crippen LogP contribution in [0.2, 0.25) is 0 Å². The summed E-state index contributed by atoms with van der Waals surface area (Å²) in [6.07, 6.45) is 4.64. The number of fused-ring (bicyclic) bond motifs is 12. The van der Waals surface area contributed by atoms with Gasteiger partial charge in [0.1, 0.15) is 5.52 Å². The number of nitrogens with zero attached hydrogens (tertiary/aromatic N) is 4. The lowest BCUT2D eigenvalue weighted by atomic mass is 10.0. The molecule has 0 saturated heterocycles. The fourth-order valence-electron chi connectivity index (χ4n) is 4.72. The van der Waals surface area contributed by atoms with Crippen LogP contribution in [0.3, 0.4) is 0 Å². The number of benzene rings is 2. The van der Waals surface area contributed by atoms with Crippen LogP contribution in [0.1, 0.15) is 11.1 Å². The van der Waals surface area contributed by atoms with Gasteiger partial charge in [-0.05, 0) is 53.4 Å². The van der Waals surface area contributed by atoms with Crippen molar-refractivity contribution in [2.75, 3.05) is 0 Å². The van der Waals surface area contributed by atoms with Gasteiger partial charge in [-0.3, -0.25) is 14.4 Å². The van der Waals surface area contributed by atoms with Crippen LogP contribution in [0.15, 0.2) is 73.1 Å². The predicted octanol–water partition coefficient (Wildman–Crippen LogP) is 5.16. The molecule has 0 amide bonds. The molecule has 0 radical (unpaired) electrons.